The van der Waals surface area contributed by atoms with Crippen LogP contribution in [0.4, 0.5) is 0 Å². The van der Waals surface area contributed by atoms with Crippen molar-refractivity contribution in [2.45, 2.75) is 122 Å². The van der Waals surface area contributed by atoms with Crippen LogP contribution in [0.5, 0.6) is 0 Å². The van der Waals surface area contributed by atoms with Crippen LogP contribution in [-0.2, 0) is 0 Å². The lowest BCUT2D eigenvalue weighted by molar-refractivity contribution is -0.00222. The Morgan fingerprint density at radius 3 is 1.50 bits per heavy atom. The molecule has 0 aromatic rings. The van der Waals surface area contributed by atoms with Gasteiger partial charge in [0.1, 0.15) is 0 Å². The number of hydrogen-bond donors (Lipinski definition) is 3. The lowest BCUT2D eigenvalue weighted by Gasteiger charge is -2.22. The summed E-state index contributed by atoms with van der Waals surface area (Å²) in [5, 5.41) is 19.6. The lowest BCUT2D eigenvalue weighted by atomic mass is 9.98. The minimum atomic E-state index is -0.766. The van der Waals surface area contributed by atoms with Gasteiger partial charge in [-0.2, -0.15) is 0 Å². The highest BCUT2D eigenvalue weighted by Gasteiger charge is 2.21. The third-order valence-corrected chi connectivity index (χ3v) is 4.66. The molecule has 0 amide bonds. The van der Waals surface area contributed by atoms with Crippen LogP contribution in [0.15, 0.2) is 0 Å². The molecule has 0 aliphatic carbocycles. The van der Waals surface area contributed by atoms with Crippen molar-refractivity contribution >= 4 is 0 Å². The highest BCUT2D eigenvalue weighted by Crippen LogP contribution is 2.14. The SMILES string of the molecule is CCCCCCCCCCCCCC[C@@H](O)[C@H](O)[C@H](N)CC. The maximum Gasteiger partial charge on any atom is 0.0949 e. The second kappa shape index (κ2) is 15.8. The Bertz CT molecular complexity index is 223. The zero-order chi connectivity index (χ0) is 16.6. The van der Waals surface area contributed by atoms with Crippen LogP contribution in [0.25, 0.3) is 0 Å². The van der Waals surface area contributed by atoms with E-state index in [1.165, 1.54) is 64.2 Å². The van der Waals surface area contributed by atoms with Gasteiger partial charge in [-0.3, -0.25) is 0 Å². The minimum Gasteiger partial charge on any atom is -0.390 e. The molecule has 0 unspecified atom stereocenters. The van der Waals surface area contributed by atoms with Crippen LogP contribution in [0.3, 0.4) is 0 Å². The highest BCUT2D eigenvalue weighted by molar-refractivity contribution is 4.77. The van der Waals surface area contributed by atoms with E-state index >= 15 is 0 Å². The predicted octanol–water partition coefficient (Wildman–Crippen LogP) is 4.54. The summed E-state index contributed by atoms with van der Waals surface area (Å²) < 4.78 is 0. The fraction of sp³-hybridized carbons (Fsp3) is 1.00. The normalized spacial score (nSPS) is 15.7. The average Bonchev–Trinajstić information content (AvgIpc) is 2.54. The van der Waals surface area contributed by atoms with Crippen molar-refractivity contribution < 1.29 is 10.2 Å². The van der Waals surface area contributed by atoms with E-state index in [1.54, 1.807) is 0 Å². The molecule has 0 aliphatic rings. The van der Waals surface area contributed by atoms with Crippen molar-refractivity contribution in [3.05, 3.63) is 0 Å². The fourth-order valence-electron chi connectivity index (χ4n) is 2.89. The van der Waals surface area contributed by atoms with Gasteiger partial charge >= 0.3 is 0 Å². The van der Waals surface area contributed by atoms with Crippen LogP contribution in [-0.4, -0.2) is 28.5 Å². The molecule has 0 bridgehead atoms. The number of aliphatic hydroxyl groups excluding tert-OH is 2. The van der Waals surface area contributed by atoms with E-state index in [0.29, 0.717) is 12.8 Å². The van der Waals surface area contributed by atoms with Crippen molar-refractivity contribution in [2.24, 2.45) is 5.73 Å². The summed E-state index contributed by atoms with van der Waals surface area (Å²) in [5.74, 6) is 0. The van der Waals surface area contributed by atoms with E-state index in [9.17, 15) is 10.2 Å². The first kappa shape index (κ1) is 21.9. The molecule has 0 saturated heterocycles. The Morgan fingerprint density at radius 1 is 0.682 bits per heavy atom. The molecule has 0 aliphatic heterocycles. The van der Waals surface area contributed by atoms with Crippen molar-refractivity contribution in [1.29, 1.82) is 0 Å². The first-order chi connectivity index (χ1) is 10.6. The topological polar surface area (TPSA) is 66.5 Å². The first-order valence-electron chi connectivity index (χ1n) is 9.75. The van der Waals surface area contributed by atoms with Gasteiger partial charge in [-0.05, 0) is 12.8 Å². The third-order valence-electron chi connectivity index (χ3n) is 4.66. The van der Waals surface area contributed by atoms with Gasteiger partial charge in [0.25, 0.3) is 0 Å². The molecule has 3 heteroatoms. The molecule has 22 heavy (non-hydrogen) atoms. The van der Waals surface area contributed by atoms with E-state index in [-0.39, 0.29) is 6.04 Å². The standard InChI is InChI=1S/C19H41NO2/c1-3-5-6-7-8-9-10-11-12-13-14-15-16-18(21)19(22)17(20)4-2/h17-19,21-22H,3-16,20H2,1-2H3/t17-,18-,19-/m1/s1. The Kier molecular flexibility index (Phi) is 15.7. The van der Waals surface area contributed by atoms with E-state index in [0.717, 1.165) is 12.8 Å². The maximum atomic E-state index is 9.85. The third kappa shape index (κ3) is 12.4. The van der Waals surface area contributed by atoms with Crippen LogP contribution >= 0.6 is 0 Å². The molecule has 134 valence electrons. The second-order valence-corrected chi connectivity index (χ2v) is 6.81. The molecule has 0 radical (unpaired) electrons. The van der Waals surface area contributed by atoms with E-state index < -0.39 is 12.2 Å². The Balaban J connectivity index is 3.26. The largest absolute Gasteiger partial charge is 0.390 e. The summed E-state index contributed by atoms with van der Waals surface area (Å²) in [7, 11) is 0. The summed E-state index contributed by atoms with van der Waals surface area (Å²) in [6.07, 6.45) is 15.7. The summed E-state index contributed by atoms with van der Waals surface area (Å²) in [4.78, 5) is 0. The Labute approximate surface area is 138 Å². The van der Waals surface area contributed by atoms with Gasteiger partial charge in [0.05, 0.1) is 12.2 Å². The van der Waals surface area contributed by atoms with Gasteiger partial charge in [0.2, 0.25) is 0 Å². The first-order valence-corrected chi connectivity index (χ1v) is 9.75. The fourth-order valence-corrected chi connectivity index (χ4v) is 2.89. The molecule has 3 atom stereocenters. The summed E-state index contributed by atoms with van der Waals surface area (Å²) in [6.45, 7) is 4.20. The summed E-state index contributed by atoms with van der Waals surface area (Å²) >= 11 is 0. The molecule has 0 saturated carbocycles. The molecule has 0 aromatic heterocycles. The van der Waals surface area contributed by atoms with Gasteiger partial charge in [-0.25, -0.2) is 0 Å². The average molecular weight is 316 g/mol. The summed E-state index contributed by atoms with van der Waals surface area (Å²) in [5.41, 5.74) is 5.74. The van der Waals surface area contributed by atoms with Crippen molar-refractivity contribution in [3.8, 4) is 0 Å². The highest BCUT2D eigenvalue weighted by atomic mass is 16.3. The van der Waals surface area contributed by atoms with E-state index in [4.69, 9.17) is 5.73 Å². The van der Waals surface area contributed by atoms with Gasteiger partial charge < -0.3 is 15.9 Å². The maximum absolute atomic E-state index is 9.85. The number of rotatable bonds is 16. The van der Waals surface area contributed by atoms with Gasteiger partial charge in [0.15, 0.2) is 0 Å². The Hall–Kier alpha value is -0.120. The van der Waals surface area contributed by atoms with Gasteiger partial charge in [0, 0.05) is 6.04 Å². The molecule has 4 N–H and O–H groups in total. The van der Waals surface area contributed by atoms with Crippen molar-refractivity contribution in [3.63, 3.8) is 0 Å². The van der Waals surface area contributed by atoms with Gasteiger partial charge in [-0.15, -0.1) is 0 Å². The minimum absolute atomic E-state index is 0.299. The monoisotopic (exact) mass is 315 g/mol. The smallest absolute Gasteiger partial charge is 0.0949 e. The quantitative estimate of drug-likeness (QED) is 0.366. The van der Waals surface area contributed by atoms with Crippen LogP contribution in [0, 0.1) is 0 Å². The number of unbranched alkanes of at least 4 members (excludes halogenated alkanes) is 11. The van der Waals surface area contributed by atoms with Crippen molar-refractivity contribution in [2.75, 3.05) is 0 Å². The molecule has 3 nitrogen and oxygen atoms in total. The van der Waals surface area contributed by atoms with Crippen LogP contribution < -0.4 is 5.73 Å². The van der Waals surface area contributed by atoms with Crippen LogP contribution in [0.1, 0.15) is 104 Å². The molecular weight excluding hydrogens is 274 g/mol. The van der Waals surface area contributed by atoms with Crippen LogP contribution in [0.2, 0.25) is 0 Å². The molecule has 0 rings (SSSR count). The van der Waals surface area contributed by atoms with Gasteiger partial charge in [-0.1, -0.05) is 90.9 Å². The van der Waals surface area contributed by atoms with E-state index in [2.05, 4.69) is 6.92 Å². The number of nitrogens with two attached hydrogens (primary N) is 1. The predicted molar refractivity (Wildman–Crippen MR) is 96.0 cm³/mol. The summed E-state index contributed by atoms with van der Waals surface area (Å²) in [6, 6.07) is -0.299. The van der Waals surface area contributed by atoms with E-state index in [1.807, 2.05) is 6.92 Å². The molecular formula is C19H41NO2. The zero-order valence-electron chi connectivity index (χ0n) is 15.1. The number of aliphatic hydroxyl groups is 2. The molecule has 0 spiro atoms. The molecule has 0 heterocycles. The Morgan fingerprint density at radius 2 is 1.09 bits per heavy atom. The zero-order valence-corrected chi connectivity index (χ0v) is 15.1. The molecule has 0 aromatic carbocycles. The molecule has 0 fully saturated rings. The second-order valence-electron chi connectivity index (χ2n) is 6.81. The van der Waals surface area contributed by atoms with Crippen molar-refractivity contribution in [1.82, 2.24) is 0 Å². The number of hydrogen-bond acceptors (Lipinski definition) is 3. The lowest BCUT2D eigenvalue weighted by Crippen LogP contribution is -2.42.